The Morgan fingerprint density at radius 3 is 2.23 bits per heavy atom. The first kappa shape index (κ1) is 24.3. The number of amides is 1. The van der Waals surface area contributed by atoms with Crippen LogP contribution < -0.4 is 5.32 Å². The van der Waals surface area contributed by atoms with Gasteiger partial charge in [-0.15, -0.1) is 0 Å². The second kappa shape index (κ2) is 10.9. The summed E-state index contributed by atoms with van der Waals surface area (Å²) in [5.41, 5.74) is -0.165. The Bertz CT molecular complexity index is 814. The molecular formula is C22H34N2O5S. The molecule has 1 aliphatic heterocycles. The molecule has 168 valence electrons. The summed E-state index contributed by atoms with van der Waals surface area (Å²) in [5, 5.41) is 2.78. The van der Waals surface area contributed by atoms with Crippen molar-refractivity contribution in [3.63, 3.8) is 0 Å². The number of esters is 1. The number of carbonyl (C=O) groups is 2. The van der Waals surface area contributed by atoms with Crippen LogP contribution in [0.25, 0.3) is 0 Å². The van der Waals surface area contributed by atoms with Gasteiger partial charge in [0.05, 0.1) is 12.0 Å². The van der Waals surface area contributed by atoms with Crippen LogP contribution in [0.4, 0.5) is 0 Å². The summed E-state index contributed by atoms with van der Waals surface area (Å²) in [6.45, 7) is 4.75. The van der Waals surface area contributed by atoms with Gasteiger partial charge in [0, 0.05) is 19.5 Å². The molecule has 1 fully saturated rings. The number of sulfonamides is 1. The molecule has 1 unspecified atom stereocenters. The molecule has 1 aliphatic rings. The summed E-state index contributed by atoms with van der Waals surface area (Å²) in [6, 6.07) is 6.74. The van der Waals surface area contributed by atoms with E-state index in [1.54, 1.807) is 35.5 Å². The zero-order valence-electron chi connectivity index (χ0n) is 18.3. The van der Waals surface area contributed by atoms with E-state index in [1.165, 1.54) is 7.11 Å². The third-order valence-corrected chi connectivity index (χ3v) is 7.48. The van der Waals surface area contributed by atoms with Gasteiger partial charge in [-0.3, -0.25) is 4.79 Å². The lowest BCUT2D eigenvalue weighted by Gasteiger charge is -2.27. The van der Waals surface area contributed by atoms with E-state index in [9.17, 15) is 18.0 Å². The highest BCUT2D eigenvalue weighted by Gasteiger charge is 2.34. The molecule has 8 heteroatoms. The first-order valence-electron chi connectivity index (χ1n) is 10.7. The first-order valence-corrected chi connectivity index (χ1v) is 12.2. The van der Waals surface area contributed by atoms with Crippen LogP contribution in [-0.2, 0) is 30.8 Å². The minimum Gasteiger partial charge on any atom is -0.467 e. The Hall–Kier alpha value is -1.93. The molecule has 0 aliphatic carbocycles. The predicted molar refractivity (Wildman–Crippen MR) is 115 cm³/mol. The number of rotatable bonds is 9. The Balaban J connectivity index is 1.97. The quantitative estimate of drug-likeness (QED) is 0.598. The van der Waals surface area contributed by atoms with Gasteiger partial charge in [-0.1, -0.05) is 38.3 Å². The molecule has 1 aromatic rings. The molecule has 1 N–H and O–H groups in total. The summed E-state index contributed by atoms with van der Waals surface area (Å²) >= 11 is 0. The topological polar surface area (TPSA) is 92.8 Å². The van der Waals surface area contributed by atoms with Crippen molar-refractivity contribution in [3.8, 4) is 0 Å². The Morgan fingerprint density at radius 1 is 1.10 bits per heavy atom. The number of hydrogen-bond acceptors (Lipinski definition) is 5. The van der Waals surface area contributed by atoms with Crippen molar-refractivity contribution in [2.45, 2.75) is 75.6 Å². The number of aryl methyl sites for hydroxylation is 1. The maximum atomic E-state index is 12.8. The van der Waals surface area contributed by atoms with Gasteiger partial charge in [-0.25, -0.2) is 13.2 Å². The van der Waals surface area contributed by atoms with Crippen LogP contribution in [0.1, 0.15) is 64.4 Å². The van der Waals surface area contributed by atoms with E-state index in [1.807, 2.05) is 6.92 Å². The molecule has 0 radical (unpaired) electrons. The fourth-order valence-electron chi connectivity index (χ4n) is 3.83. The number of nitrogens with zero attached hydrogens (tertiary/aromatic N) is 1. The molecule has 1 atom stereocenters. The summed E-state index contributed by atoms with van der Waals surface area (Å²) in [6.07, 6.45) is 5.82. The maximum absolute atomic E-state index is 12.8. The van der Waals surface area contributed by atoms with E-state index >= 15 is 0 Å². The smallest absolute Gasteiger partial charge is 0.331 e. The van der Waals surface area contributed by atoms with E-state index in [0.29, 0.717) is 30.8 Å². The first-order chi connectivity index (χ1) is 14.2. The van der Waals surface area contributed by atoms with E-state index < -0.39 is 21.5 Å². The van der Waals surface area contributed by atoms with E-state index in [-0.39, 0.29) is 12.3 Å². The van der Waals surface area contributed by atoms with Gasteiger partial charge in [-0.05, 0) is 50.3 Å². The molecule has 2 rings (SSSR count). The molecule has 0 aromatic heterocycles. The Labute approximate surface area is 180 Å². The van der Waals surface area contributed by atoms with Crippen LogP contribution in [0.3, 0.4) is 0 Å². The van der Waals surface area contributed by atoms with Gasteiger partial charge >= 0.3 is 5.97 Å². The summed E-state index contributed by atoms with van der Waals surface area (Å²) in [7, 11) is -2.16. The predicted octanol–water partition coefficient (Wildman–Crippen LogP) is 3.03. The number of nitrogens with one attached hydrogen (secondary N) is 1. The van der Waals surface area contributed by atoms with Crippen molar-refractivity contribution in [3.05, 3.63) is 29.8 Å². The number of methoxy groups -OCH3 is 1. The largest absolute Gasteiger partial charge is 0.467 e. The van der Waals surface area contributed by atoms with Gasteiger partial charge in [0.25, 0.3) is 0 Å². The van der Waals surface area contributed by atoms with Crippen LogP contribution in [0.2, 0.25) is 0 Å². The zero-order valence-corrected chi connectivity index (χ0v) is 19.1. The third kappa shape index (κ3) is 6.28. The van der Waals surface area contributed by atoms with Crippen molar-refractivity contribution in [1.29, 1.82) is 0 Å². The maximum Gasteiger partial charge on any atom is 0.331 e. The lowest BCUT2D eigenvalue weighted by molar-refractivity contribution is -0.150. The fourth-order valence-corrected chi connectivity index (χ4v) is 5.35. The average molecular weight is 439 g/mol. The van der Waals surface area contributed by atoms with Gasteiger partial charge in [0.15, 0.2) is 0 Å². The molecular weight excluding hydrogens is 404 g/mol. The van der Waals surface area contributed by atoms with Crippen LogP contribution in [0.5, 0.6) is 0 Å². The highest BCUT2D eigenvalue weighted by Crippen LogP contribution is 2.21. The number of benzene rings is 1. The molecule has 1 heterocycles. The zero-order chi connectivity index (χ0) is 22.2. The number of carbonyl (C=O) groups excluding carboxylic acids is 2. The van der Waals surface area contributed by atoms with Crippen molar-refractivity contribution >= 4 is 21.9 Å². The third-order valence-electron chi connectivity index (χ3n) is 5.57. The van der Waals surface area contributed by atoms with Crippen LogP contribution >= 0.6 is 0 Å². The lowest BCUT2D eigenvalue weighted by Crippen LogP contribution is -2.52. The van der Waals surface area contributed by atoms with Gasteiger partial charge in [-0.2, -0.15) is 4.31 Å². The van der Waals surface area contributed by atoms with Crippen molar-refractivity contribution in [2.24, 2.45) is 0 Å². The number of hydrogen-bond donors (Lipinski definition) is 1. The number of ether oxygens (including phenoxy) is 1. The molecule has 1 saturated heterocycles. The van der Waals surface area contributed by atoms with Crippen LogP contribution in [0.15, 0.2) is 29.2 Å². The normalized spacial score (nSPS) is 17.6. The van der Waals surface area contributed by atoms with Crippen molar-refractivity contribution in [2.75, 3.05) is 20.2 Å². The average Bonchev–Trinajstić information content (AvgIpc) is 3.02. The van der Waals surface area contributed by atoms with Gasteiger partial charge in [0.1, 0.15) is 5.54 Å². The monoisotopic (exact) mass is 438 g/mol. The van der Waals surface area contributed by atoms with Crippen LogP contribution in [0, 0.1) is 0 Å². The summed E-state index contributed by atoms with van der Waals surface area (Å²) in [4.78, 5) is 24.7. The van der Waals surface area contributed by atoms with E-state index in [2.05, 4.69) is 5.32 Å². The van der Waals surface area contributed by atoms with E-state index in [4.69, 9.17) is 4.74 Å². The lowest BCUT2D eigenvalue weighted by atomic mass is 9.95. The molecule has 1 amide bonds. The molecule has 0 saturated carbocycles. The molecule has 0 spiro atoms. The van der Waals surface area contributed by atoms with Gasteiger partial charge in [0.2, 0.25) is 15.9 Å². The summed E-state index contributed by atoms with van der Waals surface area (Å²) < 4.78 is 32.1. The minimum atomic E-state index is -3.47. The minimum absolute atomic E-state index is 0.203. The highest BCUT2D eigenvalue weighted by molar-refractivity contribution is 7.89. The second-order valence-electron chi connectivity index (χ2n) is 8.08. The van der Waals surface area contributed by atoms with Gasteiger partial charge < -0.3 is 10.1 Å². The molecule has 1 aromatic carbocycles. The Kier molecular flexibility index (Phi) is 8.85. The van der Waals surface area contributed by atoms with E-state index in [0.717, 1.165) is 37.7 Å². The molecule has 0 bridgehead atoms. The van der Waals surface area contributed by atoms with Crippen molar-refractivity contribution < 1.29 is 22.7 Å². The summed E-state index contributed by atoms with van der Waals surface area (Å²) in [5.74, 6) is -0.696. The van der Waals surface area contributed by atoms with Crippen molar-refractivity contribution in [1.82, 2.24) is 9.62 Å². The SMILES string of the molecule is CCCC(C)(NC(=O)CCc1ccc(S(=O)(=O)N2CCCCCC2)cc1)C(=O)OC. The molecule has 30 heavy (non-hydrogen) atoms. The standard InChI is InChI=1S/C22H34N2O5S/c1-4-15-22(2,21(26)29-3)23-20(25)14-11-18-9-12-19(13-10-18)30(27,28)24-16-7-5-6-8-17-24/h9-10,12-13H,4-8,11,14-17H2,1-3H3,(H,23,25). The van der Waals surface area contributed by atoms with Crippen LogP contribution in [-0.4, -0.2) is 50.3 Å². The fraction of sp³-hybridized carbons (Fsp3) is 0.636. The Morgan fingerprint density at radius 2 is 1.70 bits per heavy atom. The highest BCUT2D eigenvalue weighted by atomic mass is 32.2. The molecule has 7 nitrogen and oxygen atoms in total. The second-order valence-corrected chi connectivity index (χ2v) is 10.0.